The summed E-state index contributed by atoms with van der Waals surface area (Å²) in [6, 6.07) is 5.22. The summed E-state index contributed by atoms with van der Waals surface area (Å²) in [5, 5.41) is 9.20. The van der Waals surface area contributed by atoms with E-state index in [1.54, 1.807) is 4.72 Å². The van der Waals surface area contributed by atoms with Crippen LogP contribution in [-0.2, 0) is 10.0 Å². The molecule has 2 N–H and O–H groups in total. The first-order valence-electron chi connectivity index (χ1n) is 5.26. The number of anilines is 1. The number of hydrogen-bond donors (Lipinski definition) is 2. The van der Waals surface area contributed by atoms with E-state index >= 15 is 0 Å². The molecule has 4 nitrogen and oxygen atoms in total. The fraction of sp³-hybridized carbons (Fsp3) is 0. The quantitative estimate of drug-likeness (QED) is 0.916. The highest BCUT2D eigenvalue weighted by atomic mass is 32.2. The summed E-state index contributed by atoms with van der Waals surface area (Å²) in [5.41, 5.74) is -0.991. The molecular formula is C12H8F3NO3S. The van der Waals surface area contributed by atoms with Crippen LogP contribution in [-0.4, -0.2) is 13.5 Å². The third-order valence-electron chi connectivity index (χ3n) is 2.37. The van der Waals surface area contributed by atoms with E-state index in [1.807, 2.05) is 0 Å². The predicted octanol–water partition coefficient (Wildman–Crippen LogP) is 2.61. The summed E-state index contributed by atoms with van der Waals surface area (Å²) in [5.74, 6) is -4.26. The zero-order chi connectivity index (χ0) is 14.9. The van der Waals surface area contributed by atoms with Crippen molar-refractivity contribution in [3.05, 3.63) is 53.8 Å². The Morgan fingerprint density at radius 3 is 2.15 bits per heavy atom. The number of phenols is 1. The Bertz CT molecular complexity index is 739. The Balaban J connectivity index is 2.44. The molecule has 0 aliphatic carbocycles. The Morgan fingerprint density at radius 2 is 1.60 bits per heavy atom. The second-order valence-electron chi connectivity index (χ2n) is 3.85. The zero-order valence-corrected chi connectivity index (χ0v) is 10.6. The van der Waals surface area contributed by atoms with Crippen LogP contribution in [0.1, 0.15) is 0 Å². The first kappa shape index (κ1) is 14.2. The van der Waals surface area contributed by atoms with Gasteiger partial charge in [0.2, 0.25) is 0 Å². The summed E-state index contributed by atoms with van der Waals surface area (Å²) >= 11 is 0. The average Bonchev–Trinajstić information content (AvgIpc) is 2.34. The molecule has 0 unspecified atom stereocenters. The maximum absolute atomic E-state index is 13.4. The molecule has 0 fully saturated rings. The zero-order valence-electron chi connectivity index (χ0n) is 9.77. The van der Waals surface area contributed by atoms with Crippen molar-refractivity contribution in [1.82, 2.24) is 0 Å². The van der Waals surface area contributed by atoms with E-state index in [0.29, 0.717) is 12.1 Å². The van der Waals surface area contributed by atoms with Gasteiger partial charge >= 0.3 is 0 Å². The lowest BCUT2D eigenvalue weighted by molar-refractivity contribution is 0.473. The van der Waals surface area contributed by atoms with Gasteiger partial charge in [-0.05, 0) is 12.1 Å². The summed E-state index contributed by atoms with van der Waals surface area (Å²) < 4.78 is 64.9. The molecule has 20 heavy (non-hydrogen) atoms. The molecule has 0 bridgehead atoms. The molecule has 0 aliphatic heterocycles. The van der Waals surface area contributed by atoms with Crippen LogP contribution < -0.4 is 4.72 Å². The molecule has 0 atom stereocenters. The van der Waals surface area contributed by atoms with Crippen molar-refractivity contribution in [3.8, 4) is 5.75 Å². The van der Waals surface area contributed by atoms with Crippen LogP contribution in [0.25, 0.3) is 0 Å². The van der Waals surface area contributed by atoms with Gasteiger partial charge in [-0.15, -0.1) is 0 Å². The summed E-state index contributed by atoms with van der Waals surface area (Å²) in [6.07, 6.45) is 0. The molecule has 0 heterocycles. The van der Waals surface area contributed by atoms with Gasteiger partial charge in [0.1, 0.15) is 17.3 Å². The number of sulfonamides is 1. The summed E-state index contributed by atoms with van der Waals surface area (Å²) in [4.78, 5) is -0.388. The van der Waals surface area contributed by atoms with Crippen molar-refractivity contribution in [3.63, 3.8) is 0 Å². The fourth-order valence-electron chi connectivity index (χ4n) is 1.48. The van der Waals surface area contributed by atoms with Crippen LogP contribution >= 0.6 is 0 Å². The first-order valence-corrected chi connectivity index (χ1v) is 6.74. The molecule has 0 spiro atoms. The monoisotopic (exact) mass is 303 g/mol. The molecule has 2 aromatic rings. The van der Waals surface area contributed by atoms with Gasteiger partial charge in [-0.25, -0.2) is 21.6 Å². The van der Waals surface area contributed by atoms with E-state index in [-0.39, 0.29) is 10.6 Å². The molecule has 0 aromatic heterocycles. The minimum absolute atomic E-state index is 0.326. The van der Waals surface area contributed by atoms with Crippen molar-refractivity contribution in [2.24, 2.45) is 0 Å². The average molecular weight is 303 g/mol. The Kier molecular flexibility index (Phi) is 3.58. The normalized spacial score (nSPS) is 11.3. The largest absolute Gasteiger partial charge is 0.508 e. The molecular weight excluding hydrogens is 295 g/mol. The SMILES string of the molecule is O=S(=O)(Nc1c(F)cc(F)cc1F)c1cccc(O)c1. The van der Waals surface area contributed by atoms with Gasteiger partial charge in [0, 0.05) is 18.2 Å². The standard InChI is InChI=1S/C12H8F3NO3S/c13-7-4-10(14)12(11(15)5-7)16-20(18,19)9-3-1-2-8(17)6-9/h1-6,16-17H. The Morgan fingerprint density at radius 1 is 1.00 bits per heavy atom. The highest BCUT2D eigenvalue weighted by Crippen LogP contribution is 2.24. The first-order chi connectivity index (χ1) is 9.29. The maximum Gasteiger partial charge on any atom is 0.262 e. The Hall–Kier alpha value is -2.22. The number of rotatable bonds is 3. The molecule has 106 valence electrons. The maximum atomic E-state index is 13.4. The third kappa shape index (κ3) is 2.85. The number of halogens is 3. The van der Waals surface area contributed by atoms with Crippen LogP contribution in [0.4, 0.5) is 18.9 Å². The minimum Gasteiger partial charge on any atom is -0.508 e. The van der Waals surface area contributed by atoms with Crippen LogP contribution in [0.2, 0.25) is 0 Å². The number of aromatic hydroxyl groups is 1. The lowest BCUT2D eigenvalue weighted by Crippen LogP contribution is -2.15. The number of hydrogen-bond acceptors (Lipinski definition) is 3. The van der Waals surface area contributed by atoms with Crippen LogP contribution in [0.15, 0.2) is 41.3 Å². The smallest absolute Gasteiger partial charge is 0.262 e. The van der Waals surface area contributed by atoms with Gasteiger partial charge in [0.15, 0.2) is 11.6 Å². The van der Waals surface area contributed by atoms with E-state index in [1.165, 1.54) is 12.1 Å². The van der Waals surface area contributed by atoms with E-state index in [0.717, 1.165) is 12.1 Å². The lowest BCUT2D eigenvalue weighted by atomic mass is 10.3. The molecule has 0 aliphatic rings. The third-order valence-corrected chi connectivity index (χ3v) is 3.72. The van der Waals surface area contributed by atoms with Crippen molar-refractivity contribution in [1.29, 1.82) is 0 Å². The molecule has 8 heteroatoms. The minimum atomic E-state index is -4.31. The fourth-order valence-corrected chi connectivity index (χ4v) is 2.60. The highest BCUT2D eigenvalue weighted by molar-refractivity contribution is 7.92. The van der Waals surface area contributed by atoms with Crippen LogP contribution in [0.5, 0.6) is 5.75 Å². The second kappa shape index (κ2) is 5.04. The molecule has 0 saturated heterocycles. The van der Waals surface area contributed by atoms with Crippen LogP contribution in [0.3, 0.4) is 0 Å². The van der Waals surface area contributed by atoms with E-state index < -0.39 is 33.2 Å². The van der Waals surface area contributed by atoms with E-state index in [9.17, 15) is 26.7 Å². The highest BCUT2D eigenvalue weighted by Gasteiger charge is 2.20. The summed E-state index contributed by atoms with van der Waals surface area (Å²) in [6.45, 7) is 0. The van der Waals surface area contributed by atoms with Gasteiger partial charge in [0.05, 0.1) is 4.90 Å². The predicted molar refractivity (Wildman–Crippen MR) is 65.2 cm³/mol. The van der Waals surface area contributed by atoms with Crippen molar-refractivity contribution in [2.45, 2.75) is 4.90 Å². The van der Waals surface area contributed by atoms with Gasteiger partial charge in [-0.2, -0.15) is 0 Å². The molecule has 2 rings (SSSR count). The van der Waals surface area contributed by atoms with Crippen molar-refractivity contribution >= 4 is 15.7 Å². The summed E-state index contributed by atoms with van der Waals surface area (Å²) in [7, 11) is -4.31. The van der Waals surface area contributed by atoms with Gasteiger partial charge in [-0.1, -0.05) is 6.07 Å². The topological polar surface area (TPSA) is 66.4 Å². The van der Waals surface area contributed by atoms with E-state index in [2.05, 4.69) is 0 Å². The molecule has 0 saturated carbocycles. The van der Waals surface area contributed by atoms with Crippen LogP contribution in [0, 0.1) is 17.5 Å². The number of benzene rings is 2. The van der Waals surface area contributed by atoms with Crippen molar-refractivity contribution < 1.29 is 26.7 Å². The molecule has 2 aromatic carbocycles. The number of nitrogens with one attached hydrogen (secondary N) is 1. The lowest BCUT2D eigenvalue weighted by Gasteiger charge is -2.10. The van der Waals surface area contributed by atoms with Gasteiger partial charge in [-0.3, -0.25) is 4.72 Å². The Labute approximate surface area is 112 Å². The molecule has 0 radical (unpaired) electrons. The van der Waals surface area contributed by atoms with E-state index in [4.69, 9.17) is 0 Å². The van der Waals surface area contributed by atoms with Crippen molar-refractivity contribution in [2.75, 3.05) is 4.72 Å². The number of phenolic OH excluding ortho intramolecular Hbond substituents is 1. The van der Waals surface area contributed by atoms with Gasteiger partial charge < -0.3 is 5.11 Å². The molecule has 0 amide bonds. The second-order valence-corrected chi connectivity index (χ2v) is 5.53. The van der Waals surface area contributed by atoms with Gasteiger partial charge in [0.25, 0.3) is 10.0 Å².